The molecule has 0 unspecified atom stereocenters. The molecule has 0 radical (unpaired) electrons. The molecule has 0 aliphatic rings. The van der Waals surface area contributed by atoms with E-state index in [1.165, 1.54) is 0 Å². The number of carbonyl (C=O) groups is 1. The number of hydrogen-bond acceptors (Lipinski definition) is 7. The van der Waals surface area contributed by atoms with Crippen LogP contribution in [0.3, 0.4) is 0 Å². The number of nitrogens with zero attached hydrogens (tertiary/aromatic N) is 3. The molecule has 0 saturated heterocycles. The summed E-state index contributed by atoms with van der Waals surface area (Å²) in [5.41, 5.74) is 13.6. The lowest BCUT2D eigenvalue weighted by molar-refractivity contribution is -0.119. The Morgan fingerprint density at radius 3 is 2.62 bits per heavy atom. The van der Waals surface area contributed by atoms with Gasteiger partial charge in [-0.3, -0.25) is 4.79 Å². The number of nitrogen functional groups attached to an aromatic ring is 1. The summed E-state index contributed by atoms with van der Waals surface area (Å²) in [6.45, 7) is 0. The molecule has 4 N–H and O–H groups in total. The number of pyridine rings is 1. The van der Waals surface area contributed by atoms with Gasteiger partial charge in [-0.05, 0) is 42.7 Å². The first-order chi connectivity index (χ1) is 11.6. The van der Waals surface area contributed by atoms with Crippen LogP contribution in [0.15, 0.2) is 52.7 Å². The van der Waals surface area contributed by atoms with E-state index < -0.39 is 6.04 Å². The minimum atomic E-state index is -0.460. The number of aromatic nitrogens is 1. The molecule has 1 aromatic carbocycles. The first kappa shape index (κ1) is 18.1. The molecule has 24 heavy (non-hydrogen) atoms. The van der Waals surface area contributed by atoms with Crippen molar-refractivity contribution in [2.24, 2.45) is 16.0 Å². The van der Waals surface area contributed by atoms with Crippen molar-refractivity contribution in [3.05, 3.63) is 48.2 Å². The standard InChI is InChI=1S/C17H21N5OS/c1-24-10-9-14(18)16(23)11-13-7-8-15(17(19)20-13)22-21-12-5-3-2-4-6-12/h2-8,14H,9-11,18H2,1H3,(H2,19,20)/t14-/m0/s1. The van der Waals surface area contributed by atoms with Crippen LogP contribution >= 0.6 is 11.8 Å². The van der Waals surface area contributed by atoms with Crippen LogP contribution in [0.25, 0.3) is 0 Å². The molecule has 1 atom stereocenters. The van der Waals surface area contributed by atoms with Gasteiger partial charge < -0.3 is 11.5 Å². The first-order valence-corrected chi connectivity index (χ1v) is 8.99. The molecule has 7 heteroatoms. The number of anilines is 1. The van der Waals surface area contributed by atoms with Gasteiger partial charge in [0, 0.05) is 0 Å². The van der Waals surface area contributed by atoms with Crippen molar-refractivity contribution < 1.29 is 4.79 Å². The SMILES string of the molecule is CSCC[C@H](N)C(=O)Cc1ccc(N=Nc2ccccc2)c(N)n1. The first-order valence-electron chi connectivity index (χ1n) is 7.59. The molecular formula is C17H21N5OS. The highest BCUT2D eigenvalue weighted by Crippen LogP contribution is 2.23. The number of carbonyl (C=O) groups excluding carboxylic acids is 1. The third-order valence-electron chi connectivity index (χ3n) is 3.39. The van der Waals surface area contributed by atoms with Gasteiger partial charge in [-0.2, -0.15) is 16.9 Å². The number of nitrogens with two attached hydrogens (primary N) is 2. The van der Waals surface area contributed by atoms with Crippen molar-refractivity contribution in [1.29, 1.82) is 0 Å². The van der Waals surface area contributed by atoms with Crippen LogP contribution in [-0.4, -0.2) is 28.8 Å². The average molecular weight is 343 g/mol. The summed E-state index contributed by atoms with van der Waals surface area (Å²) in [5, 5.41) is 8.20. The van der Waals surface area contributed by atoms with Gasteiger partial charge in [-0.15, -0.1) is 5.11 Å². The van der Waals surface area contributed by atoms with Crippen LogP contribution in [0.4, 0.5) is 17.2 Å². The summed E-state index contributed by atoms with van der Waals surface area (Å²) in [6.07, 6.45) is 2.83. The predicted octanol–water partition coefficient (Wildman–Crippen LogP) is 3.27. The van der Waals surface area contributed by atoms with Crippen molar-refractivity contribution in [3.8, 4) is 0 Å². The highest BCUT2D eigenvalue weighted by molar-refractivity contribution is 7.98. The molecule has 1 heterocycles. The number of azo groups is 1. The van der Waals surface area contributed by atoms with Crippen LogP contribution < -0.4 is 11.5 Å². The van der Waals surface area contributed by atoms with Crippen LogP contribution in [0.1, 0.15) is 12.1 Å². The van der Waals surface area contributed by atoms with Crippen molar-refractivity contribution in [3.63, 3.8) is 0 Å². The Hall–Kier alpha value is -2.25. The van der Waals surface area contributed by atoms with E-state index >= 15 is 0 Å². The number of ketones is 1. The molecule has 0 fully saturated rings. The highest BCUT2D eigenvalue weighted by Gasteiger charge is 2.15. The van der Waals surface area contributed by atoms with Crippen molar-refractivity contribution in [2.45, 2.75) is 18.9 Å². The highest BCUT2D eigenvalue weighted by atomic mass is 32.2. The monoisotopic (exact) mass is 343 g/mol. The summed E-state index contributed by atoms with van der Waals surface area (Å²) in [4.78, 5) is 16.3. The van der Waals surface area contributed by atoms with E-state index in [0.29, 0.717) is 17.8 Å². The lowest BCUT2D eigenvalue weighted by Gasteiger charge is -2.09. The Labute approximate surface area is 145 Å². The van der Waals surface area contributed by atoms with Gasteiger partial charge in [0.1, 0.15) is 5.69 Å². The minimum absolute atomic E-state index is 0.0328. The maximum Gasteiger partial charge on any atom is 0.155 e. The zero-order valence-corrected chi connectivity index (χ0v) is 14.4. The fraction of sp³-hybridized carbons (Fsp3) is 0.294. The molecule has 126 valence electrons. The average Bonchev–Trinajstić information content (AvgIpc) is 2.59. The second kappa shape index (κ2) is 9.14. The van der Waals surface area contributed by atoms with Gasteiger partial charge in [-0.25, -0.2) is 4.98 Å². The third kappa shape index (κ3) is 5.43. The van der Waals surface area contributed by atoms with E-state index in [-0.39, 0.29) is 18.0 Å². The number of benzene rings is 1. The Bertz CT molecular complexity index is 705. The third-order valence-corrected chi connectivity index (χ3v) is 4.04. The molecular weight excluding hydrogens is 322 g/mol. The van der Waals surface area contributed by atoms with Crippen LogP contribution in [-0.2, 0) is 11.2 Å². The molecule has 0 bridgehead atoms. The van der Waals surface area contributed by atoms with Gasteiger partial charge in [0.15, 0.2) is 11.6 Å². The number of hydrogen-bond donors (Lipinski definition) is 2. The minimum Gasteiger partial charge on any atom is -0.382 e. The van der Waals surface area contributed by atoms with E-state index in [2.05, 4.69) is 15.2 Å². The zero-order chi connectivity index (χ0) is 17.4. The maximum absolute atomic E-state index is 12.1. The van der Waals surface area contributed by atoms with E-state index in [0.717, 1.165) is 11.4 Å². The second-order valence-electron chi connectivity index (χ2n) is 5.27. The summed E-state index contributed by atoms with van der Waals surface area (Å²) in [6, 6.07) is 12.3. The van der Waals surface area contributed by atoms with Gasteiger partial charge >= 0.3 is 0 Å². The smallest absolute Gasteiger partial charge is 0.155 e. The fourth-order valence-corrected chi connectivity index (χ4v) is 2.50. The van der Waals surface area contributed by atoms with Gasteiger partial charge in [-0.1, -0.05) is 18.2 Å². The Morgan fingerprint density at radius 2 is 1.96 bits per heavy atom. The van der Waals surface area contributed by atoms with Crippen LogP contribution in [0.5, 0.6) is 0 Å². The largest absolute Gasteiger partial charge is 0.382 e. The predicted molar refractivity (Wildman–Crippen MR) is 99.0 cm³/mol. The van der Waals surface area contributed by atoms with Crippen molar-refractivity contribution >= 4 is 34.7 Å². The summed E-state index contributed by atoms with van der Waals surface area (Å²) < 4.78 is 0. The molecule has 6 nitrogen and oxygen atoms in total. The van der Waals surface area contributed by atoms with Gasteiger partial charge in [0.2, 0.25) is 0 Å². The maximum atomic E-state index is 12.1. The topological polar surface area (TPSA) is 107 Å². The molecule has 0 spiro atoms. The molecule has 2 aromatic rings. The van der Waals surface area contributed by atoms with Crippen molar-refractivity contribution in [2.75, 3.05) is 17.7 Å². The Kier molecular flexibility index (Phi) is 6.89. The Morgan fingerprint density at radius 1 is 1.21 bits per heavy atom. The van der Waals surface area contributed by atoms with E-state index in [9.17, 15) is 4.79 Å². The lowest BCUT2D eigenvalue weighted by Crippen LogP contribution is -2.32. The number of rotatable bonds is 8. The Balaban J connectivity index is 2.01. The molecule has 1 aromatic heterocycles. The fourth-order valence-electron chi connectivity index (χ4n) is 2.01. The molecule has 0 saturated carbocycles. The summed E-state index contributed by atoms with van der Waals surface area (Å²) >= 11 is 1.67. The molecule has 0 aliphatic heterocycles. The van der Waals surface area contributed by atoms with E-state index in [4.69, 9.17) is 11.5 Å². The molecule has 0 amide bonds. The second-order valence-corrected chi connectivity index (χ2v) is 6.26. The number of Topliss-reactive ketones (excluding diaryl/α,β-unsaturated/α-hetero) is 1. The molecule has 0 aliphatic carbocycles. The van der Waals surface area contributed by atoms with Crippen molar-refractivity contribution in [1.82, 2.24) is 4.98 Å². The van der Waals surface area contributed by atoms with E-state index in [1.54, 1.807) is 23.9 Å². The zero-order valence-electron chi connectivity index (χ0n) is 13.6. The van der Waals surface area contributed by atoms with Gasteiger partial charge in [0.25, 0.3) is 0 Å². The lowest BCUT2D eigenvalue weighted by atomic mass is 10.1. The van der Waals surface area contributed by atoms with Gasteiger partial charge in [0.05, 0.1) is 23.8 Å². The number of thioether (sulfide) groups is 1. The quantitative estimate of drug-likeness (QED) is 0.715. The molecule has 2 rings (SSSR count). The van der Waals surface area contributed by atoms with Crippen LogP contribution in [0, 0.1) is 0 Å². The normalized spacial score (nSPS) is 12.4. The summed E-state index contributed by atoms with van der Waals surface area (Å²) in [5.74, 6) is 1.08. The summed E-state index contributed by atoms with van der Waals surface area (Å²) in [7, 11) is 0. The van der Waals surface area contributed by atoms with E-state index in [1.807, 2.05) is 36.6 Å². The van der Waals surface area contributed by atoms with Crippen LogP contribution in [0.2, 0.25) is 0 Å².